The predicted octanol–water partition coefficient (Wildman–Crippen LogP) is 2.04. The van der Waals surface area contributed by atoms with Gasteiger partial charge in [0.15, 0.2) is 5.13 Å². The zero-order chi connectivity index (χ0) is 15.4. The molecule has 0 saturated heterocycles. The quantitative estimate of drug-likeness (QED) is 0.805. The average molecular weight is 304 g/mol. The molecule has 0 aliphatic heterocycles. The second kappa shape index (κ2) is 6.36. The molecule has 2 amide bonds. The normalized spacial score (nSPS) is 10.2. The lowest BCUT2D eigenvalue weighted by molar-refractivity contribution is 0.0955. The van der Waals surface area contributed by atoms with Gasteiger partial charge >= 0.3 is 0 Å². The molecule has 1 heterocycles. The minimum absolute atomic E-state index is 0.138. The van der Waals surface area contributed by atoms with Crippen LogP contribution in [0, 0.1) is 6.92 Å². The third-order valence-corrected chi connectivity index (χ3v) is 3.75. The third-order valence-electron chi connectivity index (χ3n) is 2.76. The number of thiazole rings is 1. The zero-order valence-electron chi connectivity index (χ0n) is 11.8. The number of nitrogens with zero attached hydrogens (tertiary/aromatic N) is 1. The Hall–Kier alpha value is -2.41. The van der Waals surface area contributed by atoms with E-state index >= 15 is 0 Å². The van der Waals surface area contributed by atoms with Crippen LogP contribution in [-0.2, 0) is 0 Å². The first-order valence-electron chi connectivity index (χ1n) is 6.43. The van der Waals surface area contributed by atoms with E-state index in [2.05, 4.69) is 15.6 Å². The predicted molar refractivity (Wildman–Crippen MR) is 83.7 cm³/mol. The molecule has 4 N–H and O–H groups in total. The first-order valence-corrected chi connectivity index (χ1v) is 7.25. The summed E-state index contributed by atoms with van der Waals surface area (Å²) in [6.07, 6.45) is 0. The maximum atomic E-state index is 12.1. The van der Waals surface area contributed by atoms with Crippen molar-refractivity contribution < 1.29 is 9.59 Å². The van der Waals surface area contributed by atoms with E-state index in [1.807, 2.05) is 6.92 Å². The summed E-state index contributed by atoms with van der Waals surface area (Å²) in [6, 6.07) is 6.69. The van der Waals surface area contributed by atoms with E-state index in [1.54, 1.807) is 31.2 Å². The molecule has 1 aromatic carbocycles. The molecule has 0 aliphatic rings. The number of carbonyl (C=O) groups excluding carboxylic acids is 2. The van der Waals surface area contributed by atoms with Gasteiger partial charge in [0.1, 0.15) is 4.88 Å². The molecule has 0 spiro atoms. The van der Waals surface area contributed by atoms with Crippen LogP contribution < -0.4 is 16.4 Å². The standard InChI is InChI=1S/C14H16N4O2S/c1-3-16-12(19)9-4-6-10(7-5-9)18-13(20)11-8(2)17-14(15)21-11/h4-7H,3H2,1-2H3,(H2,15,17)(H,16,19)(H,18,20). The molecule has 2 rings (SSSR count). The van der Waals surface area contributed by atoms with Crippen molar-refractivity contribution in [1.29, 1.82) is 0 Å². The summed E-state index contributed by atoms with van der Waals surface area (Å²) in [6.45, 7) is 4.17. The molecule has 0 aliphatic carbocycles. The van der Waals surface area contributed by atoms with E-state index in [0.29, 0.717) is 33.5 Å². The van der Waals surface area contributed by atoms with Gasteiger partial charge < -0.3 is 16.4 Å². The largest absolute Gasteiger partial charge is 0.375 e. The summed E-state index contributed by atoms with van der Waals surface area (Å²) in [5, 5.41) is 5.83. The van der Waals surface area contributed by atoms with E-state index in [-0.39, 0.29) is 11.8 Å². The second-order valence-corrected chi connectivity index (χ2v) is 5.39. The van der Waals surface area contributed by atoms with Gasteiger partial charge in [-0.3, -0.25) is 9.59 Å². The summed E-state index contributed by atoms with van der Waals surface area (Å²) in [4.78, 5) is 28.2. The number of hydrogen-bond donors (Lipinski definition) is 3. The van der Waals surface area contributed by atoms with Gasteiger partial charge in [-0.2, -0.15) is 0 Å². The van der Waals surface area contributed by atoms with Gasteiger partial charge in [0.25, 0.3) is 11.8 Å². The van der Waals surface area contributed by atoms with Crippen molar-refractivity contribution >= 4 is 34.0 Å². The molecular formula is C14H16N4O2S. The SMILES string of the molecule is CCNC(=O)c1ccc(NC(=O)c2sc(N)nc2C)cc1. The van der Waals surface area contributed by atoms with E-state index in [0.717, 1.165) is 11.3 Å². The number of hydrogen-bond acceptors (Lipinski definition) is 5. The highest BCUT2D eigenvalue weighted by molar-refractivity contribution is 7.17. The van der Waals surface area contributed by atoms with Crippen LogP contribution in [0.4, 0.5) is 10.8 Å². The molecule has 7 heteroatoms. The van der Waals surface area contributed by atoms with Crippen LogP contribution in [-0.4, -0.2) is 23.3 Å². The third kappa shape index (κ3) is 3.57. The molecule has 2 aromatic rings. The molecule has 6 nitrogen and oxygen atoms in total. The molecule has 0 radical (unpaired) electrons. The van der Waals surface area contributed by atoms with Gasteiger partial charge in [0.2, 0.25) is 0 Å². The fraction of sp³-hybridized carbons (Fsp3) is 0.214. The van der Waals surface area contributed by atoms with Crippen molar-refractivity contribution in [3.63, 3.8) is 0 Å². The van der Waals surface area contributed by atoms with Gasteiger partial charge in [-0.25, -0.2) is 4.98 Å². The molecular weight excluding hydrogens is 288 g/mol. The number of benzene rings is 1. The maximum Gasteiger partial charge on any atom is 0.267 e. The highest BCUT2D eigenvalue weighted by Gasteiger charge is 2.14. The lowest BCUT2D eigenvalue weighted by atomic mass is 10.2. The van der Waals surface area contributed by atoms with Crippen molar-refractivity contribution in [3.8, 4) is 0 Å². The van der Waals surface area contributed by atoms with Crippen molar-refractivity contribution in [3.05, 3.63) is 40.4 Å². The van der Waals surface area contributed by atoms with Gasteiger partial charge in [-0.15, -0.1) is 0 Å². The summed E-state index contributed by atoms with van der Waals surface area (Å²) in [5.41, 5.74) is 7.34. The van der Waals surface area contributed by atoms with Crippen molar-refractivity contribution in [2.45, 2.75) is 13.8 Å². The van der Waals surface area contributed by atoms with Crippen LogP contribution in [0.2, 0.25) is 0 Å². The highest BCUT2D eigenvalue weighted by atomic mass is 32.1. The Morgan fingerprint density at radius 3 is 2.43 bits per heavy atom. The number of rotatable bonds is 4. The number of nitrogens with two attached hydrogens (primary N) is 1. The van der Waals surface area contributed by atoms with Gasteiger partial charge in [0.05, 0.1) is 5.69 Å². The van der Waals surface area contributed by atoms with Crippen molar-refractivity contribution in [1.82, 2.24) is 10.3 Å². The molecule has 21 heavy (non-hydrogen) atoms. The summed E-state index contributed by atoms with van der Waals surface area (Å²) in [7, 11) is 0. The molecule has 0 saturated carbocycles. The Balaban J connectivity index is 2.08. The highest BCUT2D eigenvalue weighted by Crippen LogP contribution is 2.21. The fourth-order valence-corrected chi connectivity index (χ4v) is 2.51. The van der Waals surface area contributed by atoms with Crippen LogP contribution in [0.1, 0.15) is 32.6 Å². The zero-order valence-corrected chi connectivity index (χ0v) is 12.6. The molecule has 110 valence electrons. The molecule has 0 fully saturated rings. The Labute approximate surface area is 126 Å². The Morgan fingerprint density at radius 1 is 1.24 bits per heavy atom. The second-order valence-electron chi connectivity index (χ2n) is 4.36. The Bertz CT molecular complexity index is 664. The lowest BCUT2D eigenvalue weighted by Crippen LogP contribution is -2.22. The smallest absolute Gasteiger partial charge is 0.267 e. The minimum atomic E-state index is -0.257. The fourth-order valence-electron chi connectivity index (χ4n) is 1.78. The van der Waals surface area contributed by atoms with Crippen molar-refractivity contribution in [2.24, 2.45) is 0 Å². The van der Waals surface area contributed by atoms with Crippen LogP contribution >= 0.6 is 11.3 Å². The van der Waals surface area contributed by atoms with Gasteiger partial charge in [-0.1, -0.05) is 11.3 Å². The number of aryl methyl sites for hydroxylation is 1. The van der Waals surface area contributed by atoms with E-state index in [9.17, 15) is 9.59 Å². The van der Waals surface area contributed by atoms with Gasteiger partial charge in [0, 0.05) is 17.8 Å². The number of nitrogen functional groups attached to an aromatic ring is 1. The molecule has 1 aromatic heterocycles. The van der Waals surface area contributed by atoms with E-state index in [1.165, 1.54) is 0 Å². The summed E-state index contributed by atoms with van der Waals surface area (Å²) < 4.78 is 0. The monoisotopic (exact) mass is 304 g/mol. The van der Waals surface area contributed by atoms with E-state index < -0.39 is 0 Å². The number of nitrogens with one attached hydrogen (secondary N) is 2. The first-order chi connectivity index (χ1) is 10.0. The van der Waals surface area contributed by atoms with E-state index in [4.69, 9.17) is 5.73 Å². The van der Waals surface area contributed by atoms with Crippen LogP contribution in [0.15, 0.2) is 24.3 Å². The minimum Gasteiger partial charge on any atom is -0.375 e. The average Bonchev–Trinajstić information content (AvgIpc) is 2.79. The van der Waals surface area contributed by atoms with Gasteiger partial charge in [-0.05, 0) is 38.1 Å². The molecule has 0 bridgehead atoms. The Morgan fingerprint density at radius 2 is 1.90 bits per heavy atom. The number of amides is 2. The summed E-state index contributed by atoms with van der Waals surface area (Å²) in [5.74, 6) is -0.395. The topological polar surface area (TPSA) is 97.1 Å². The van der Waals surface area contributed by atoms with Crippen LogP contribution in [0.5, 0.6) is 0 Å². The number of carbonyl (C=O) groups is 2. The van der Waals surface area contributed by atoms with Crippen LogP contribution in [0.25, 0.3) is 0 Å². The Kier molecular flexibility index (Phi) is 4.54. The van der Waals surface area contributed by atoms with Crippen LogP contribution in [0.3, 0.4) is 0 Å². The maximum absolute atomic E-state index is 12.1. The first kappa shape index (κ1) is 15.0. The van der Waals surface area contributed by atoms with Crippen molar-refractivity contribution in [2.75, 3.05) is 17.6 Å². The number of aromatic nitrogens is 1. The molecule has 0 atom stereocenters. The summed E-state index contributed by atoms with van der Waals surface area (Å²) >= 11 is 1.15. The number of anilines is 2. The molecule has 0 unspecified atom stereocenters. The lowest BCUT2D eigenvalue weighted by Gasteiger charge is -2.06.